The molecule has 1 aromatic heterocycles. The Balaban J connectivity index is 2.34. The standard InChI is InChI=1S/C11H15N5O2/c1-11(2)9(18)15-8(17)6-16(11)10-13-4-7(3-12)5-14-10/h4-5H,3,6,12H2,1-2H3,(H,15,17,18). The molecule has 1 aliphatic heterocycles. The summed E-state index contributed by atoms with van der Waals surface area (Å²) in [5.41, 5.74) is 5.40. The van der Waals surface area contributed by atoms with E-state index < -0.39 is 5.54 Å². The van der Waals surface area contributed by atoms with Gasteiger partial charge in [-0.15, -0.1) is 0 Å². The van der Waals surface area contributed by atoms with E-state index in [1.54, 1.807) is 31.1 Å². The molecule has 2 amide bonds. The fourth-order valence-corrected chi connectivity index (χ4v) is 1.70. The third kappa shape index (κ3) is 2.04. The van der Waals surface area contributed by atoms with Gasteiger partial charge < -0.3 is 10.6 Å². The zero-order chi connectivity index (χ0) is 13.3. The Kier molecular flexibility index (Phi) is 3.00. The van der Waals surface area contributed by atoms with Crippen molar-refractivity contribution in [3.8, 4) is 0 Å². The van der Waals surface area contributed by atoms with E-state index in [2.05, 4.69) is 15.3 Å². The number of nitrogens with zero attached hydrogens (tertiary/aromatic N) is 3. The highest BCUT2D eigenvalue weighted by atomic mass is 16.2. The van der Waals surface area contributed by atoms with Crippen LogP contribution < -0.4 is 16.0 Å². The van der Waals surface area contributed by atoms with E-state index in [9.17, 15) is 9.59 Å². The number of piperazine rings is 1. The summed E-state index contributed by atoms with van der Waals surface area (Å²) in [6.45, 7) is 3.84. The van der Waals surface area contributed by atoms with Gasteiger partial charge in [0.1, 0.15) is 12.1 Å². The van der Waals surface area contributed by atoms with Gasteiger partial charge in [-0.05, 0) is 13.8 Å². The Morgan fingerprint density at radius 3 is 2.56 bits per heavy atom. The Morgan fingerprint density at radius 1 is 1.39 bits per heavy atom. The highest BCUT2D eigenvalue weighted by Gasteiger charge is 2.42. The van der Waals surface area contributed by atoms with Gasteiger partial charge in [0.05, 0.1) is 0 Å². The second-order valence-corrected chi connectivity index (χ2v) is 4.62. The topological polar surface area (TPSA) is 101 Å². The molecule has 0 aromatic carbocycles. The summed E-state index contributed by atoms with van der Waals surface area (Å²) in [7, 11) is 0. The average Bonchev–Trinajstić information content (AvgIpc) is 2.34. The van der Waals surface area contributed by atoms with Gasteiger partial charge in [0.25, 0.3) is 5.91 Å². The number of amides is 2. The van der Waals surface area contributed by atoms with Gasteiger partial charge in [-0.25, -0.2) is 9.97 Å². The van der Waals surface area contributed by atoms with Crippen LogP contribution in [0.25, 0.3) is 0 Å². The van der Waals surface area contributed by atoms with Crippen LogP contribution in [0.1, 0.15) is 19.4 Å². The second-order valence-electron chi connectivity index (χ2n) is 4.62. The van der Waals surface area contributed by atoms with Gasteiger partial charge in [0, 0.05) is 24.5 Å². The SMILES string of the molecule is CC1(C)C(=O)NC(=O)CN1c1ncc(CN)cn1. The van der Waals surface area contributed by atoms with Gasteiger partial charge in [-0.2, -0.15) is 0 Å². The summed E-state index contributed by atoms with van der Waals surface area (Å²) >= 11 is 0. The lowest BCUT2D eigenvalue weighted by molar-refractivity contribution is -0.135. The van der Waals surface area contributed by atoms with E-state index in [0.29, 0.717) is 12.5 Å². The van der Waals surface area contributed by atoms with Gasteiger partial charge in [0.2, 0.25) is 11.9 Å². The van der Waals surface area contributed by atoms with Crippen LogP contribution in [0.5, 0.6) is 0 Å². The van der Waals surface area contributed by atoms with Crippen molar-refractivity contribution < 1.29 is 9.59 Å². The first-order valence-electron chi connectivity index (χ1n) is 5.58. The molecule has 0 atom stereocenters. The molecule has 1 fully saturated rings. The van der Waals surface area contributed by atoms with Gasteiger partial charge in [0.15, 0.2) is 0 Å². The number of anilines is 1. The smallest absolute Gasteiger partial charge is 0.252 e. The first-order chi connectivity index (χ1) is 8.45. The fourth-order valence-electron chi connectivity index (χ4n) is 1.70. The zero-order valence-corrected chi connectivity index (χ0v) is 10.3. The lowest BCUT2D eigenvalue weighted by Crippen LogP contribution is -2.64. The van der Waals surface area contributed by atoms with Gasteiger partial charge >= 0.3 is 0 Å². The van der Waals surface area contributed by atoms with Crippen molar-refractivity contribution in [2.24, 2.45) is 5.73 Å². The van der Waals surface area contributed by atoms with E-state index in [1.807, 2.05) is 0 Å². The van der Waals surface area contributed by atoms with Crippen molar-refractivity contribution in [2.75, 3.05) is 11.4 Å². The van der Waals surface area contributed by atoms with Crippen molar-refractivity contribution in [2.45, 2.75) is 25.9 Å². The number of imide groups is 1. The maximum atomic E-state index is 11.8. The van der Waals surface area contributed by atoms with E-state index >= 15 is 0 Å². The number of hydrogen-bond donors (Lipinski definition) is 2. The average molecular weight is 249 g/mol. The first kappa shape index (κ1) is 12.4. The Morgan fingerprint density at radius 2 is 2.00 bits per heavy atom. The minimum Gasteiger partial charge on any atom is -0.326 e. The number of nitrogens with two attached hydrogens (primary N) is 1. The van der Waals surface area contributed by atoms with Crippen LogP contribution in [-0.4, -0.2) is 33.9 Å². The molecule has 0 radical (unpaired) electrons. The quantitative estimate of drug-likeness (QED) is 0.664. The number of nitrogens with one attached hydrogen (secondary N) is 1. The molecule has 0 unspecified atom stereocenters. The third-order valence-corrected chi connectivity index (χ3v) is 2.95. The van der Waals surface area contributed by atoms with Crippen molar-refractivity contribution in [3.63, 3.8) is 0 Å². The van der Waals surface area contributed by atoms with Crippen LogP contribution in [0.3, 0.4) is 0 Å². The van der Waals surface area contributed by atoms with Crippen molar-refractivity contribution in [1.29, 1.82) is 0 Å². The number of carbonyl (C=O) groups excluding carboxylic acids is 2. The molecule has 7 nitrogen and oxygen atoms in total. The summed E-state index contributed by atoms with van der Waals surface area (Å²) in [6, 6.07) is 0. The van der Waals surface area contributed by atoms with E-state index in [4.69, 9.17) is 5.73 Å². The number of aromatic nitrogens is 2. The molecule has 0 saturated carbocycles. The second kappa shape index (κ2) is 4.34. The van der Waals surface area contributed by atoms with Crippen molar-refractivity contribution in [1.82, 2.24) is 15.3 Å². The van der Waals surface area contributed by atoms with E-state index in [-0.39, 0.29) is 18.4 Å². The number of rotatable bonds is 2. The predicted octanol–water partition coefficient (Wildman–Crippen LogP) is -0.823. The van der Waals surface area contributed by atoms with Crippen LogP contribution in [0.4, 0.5) is 5.95 Å². The molecule has 0 spiro atoms. The van der Waals surface area contributed by atoms with Crippen LogP contribution in [-0.2, 0) is 16.1 Å². The van der Waals surface area contributed by atoms with E-state index in [0.717, 1.165) is 5.56 Å². The summed E-state index contributed by atoms with van der Waals surface area (Å²) in [5, 5.41) is 2.30. The molecule has 3 N–H and O–H groups in total. The van der Waals surface area contributed by atoms with Crippen molar-refractivity contribution in [3.05, 3.63) is 18.0 Å². The molecule has 0 bridgehead atoms. The highest BCUT2D eigenvalue weighted by molar-refractivity contribution is 6.06. The molecule has 0 aliphatic carbocycles. The Labute approximate surface area is 104 Å². The molecule has 2 heterocycles. The zero-order valence-electron chi connectivity index (χ0n) is 10.3. The van der Waals surface area contributed by atoms with Crippen LogP contribution in [0.2, 0.25) is 0 Å². The minimum absolute atomic E-state index is 0.0563. The van der Waals surface area contributed by atoms with Crippen LogP contribution in [0, 0.1) is 0 Å². The van der Waals surface area contributed by atoms with Crippen LogP contribution >= 0.6 is 0 Å². The highest BCUT2D eigenvalue weighted by Crippen LogP contribution is 2.22. The van der Waals surface area contributed by atoms with Gasteiger partial charge in [-0.3, -0.25) is 14.9 Å². The molecule has 96 valence electrons. The Hall–Kier alpha value is -2.02. The van der Waals surface area contributed by atoms with Gasteiger partial charge in [-0.1, -0.05) is 0 Å². The molecule has 1 aliphatic rings. The summed E-state index contributed by atoms with van der Waals surface area (Å²) in [4.78, 5) is 33.1. The minimum atomic E-state index is -0.863. The molecule has 18 heavy (non-hydrogen) atoms. The Bertz CT molecular complexity index is 483. The molecule has 2 rings (SSSR count). The lowest BCUT2D eigenvalue weighted by atomic mass is 9.99. The normalized spacial score (nSPS) is 18.7. The molecule has 1 saturated heterocycles. The monoisotopic (exact) mass is 249 g/mol. The molecule has 7 heteroatoms. The first-order valence-corrected chi connectivity index (χ1v) is 5.58. The lowest BCUT2D eigenvalue weighted by Gasteiger charge is -2.39. The van der Waals surface area contributed by atoms with E-state index in [1.165, 1.54) is 0 Å². The molecule has 1 aromatic rings. The van der Waals surface area contributed by atoms with Crippen LogP contribution in [0.15, 0.2) is 12.4 Å². The maximum absolute atomic E-state index is 11.8. The number of carbonyl (C=O) groups is 2. The fraction of sp³-hybridized carbons (Fsp3) is 0.455. The maximum Gasteiger partial charge on any atom is 0.252 e. The number of hydrogen-bond acceptors (Lipinski definition) is 6. The third-order valence-electron chi connectivity index (χ3n) is 2.95. The molecular weight excluding hydrogens is 234 g/mol. The summed E-state index contributed by atoms with van der Waals surface area (Å²) in [6.07, 6.45) is 3.19. The summed E-state index contributed by atoms with van der Waals surface area (Å²) < 4.78 is 0. The largest absolute Gasteiger partial charge is 0.326 e. The summed E-state index contributed by atoms with van der Waals surface area (Å²) in [5.74, 6) is -0.364. The molecular formula is C11H15N5O2. The predicted molar refractivity (Wildman–Crippen MR) is 64.5 cm³/mol. The van der Waals surface area contributed by atoms with Crippen molar-refractivity contribution >= 4 is 17.8 Å².